The maximum atomic E-state index is 6.45. The minimum absolute atomic E-state index is 0.476. The zero-order chi connectivity index (χ0) is 15.4. The SMILES string of the molecule is CCN1CCN(c2ccc(CNC(C)C)c(Cl)c2)CC1C. The van der Waals surface area contributed by atoms with Crippen molar-refractivity contribution in [3.63, 3.8) is 0 Å². The van der Waals surface area contributed by atoms with Crippen LogP contribution in [0.1, 0.15) is 33.3 Å². The van der Waals surface area contributed by atoms with E-state index in [1.807, 2.05) is 0 Å². The fourth-order valence-electron chi connectivity index (χ4n) is 2.89. The third-order valence-electron chi connectivity index (χ3n) is 4.27. The molecule has 1 aliphatic heterocycles. The summed E-state index contributed by atoms with van der Waals surface area (Å²) >= 11 is 6.45. The Labute approximate surface area is 134 Å². The van der Waals surface area contributed by atoms with Gasteiger partial charge in [0.05, 0.1) is 0 Å². The van der Waals surface area contributed by atoms with Gasteiger partial charge in [0.1, 0.15) is 0 Å². The maximum Gasteiger partial charge on any atom is 0.0471 e. The second-order valence-corrected chi connectivity index (χ2v) is 6.64. The normalized spacial score (nSPS) is 20.3. The molecule has 0 saturated carbocycles. The number of hydrogen-bond donors (Lipinski definition) is 1. The molecule has 0 radical (unpaired) electrons. The molecular weight excluding hydrogens is 282 g/mol. The van der Waals surface area contributed by atoms with Crippen LogP contribution in [-0.2, 0) is 6.54 Å². The Morgan fingerprint density at radius 3 is 2.67 bits per heavy atom. The molecule has 0 spiro atoms. The summed E-state index contributed by atoms with van der Waals surface area (Å²) in [4.78, 5) is 4.97. The number of rotatable bonds is 5. The van der Waals surface area contributed by atoms with E-state index in [0.29, 0.717) is 12.1 Å². The van der Waals surface area contributed by atoms with Crippen LogP contribution in [0, 0.1) is 0 Å². The van der Waals surface area contributed by atoms with E-state index in [0.717, 1.165) is 37.7 Å². The van der Waals surface area contributed by atoms with Gasteiger partial charge < -0.3 is 10.2 Å². The minimum Gasteiger partial charge on any atom is -0.369 e. The van der Waals surface area contributed by atoms with Gasteiger partial charge in [-0.25, -0.2) is 0 Å². The van der Waals surface area contributed by atoms with Gasteiger partial charge in [-0.1, -0.05) is 38.4 Å². The lowest BCUT2D eigenvalue weighted by molar-refractivity contribution is 0.199. The molecule has 1 atom stereocenters. The minimum atomic E-state index is 0.476. The number of likely N-dealkylation sites (N-methyl/N-ethyl adjacent to an activating group) is 1. The van der Waals surface area contributed by atoms with E-state index >= 15 is 0 Å². The van der Waals surface area contributed by atoms with E-state index in [1.54, 1.807) is 0 Å². The van der Waals surface area contributed by atoms with Crippen molar-refractivity contribution in [2.75, 3.05) is 31.1 Å². The van der Waals surface area contributed by atoms with Crippen molar-refractivity contribution in [2.45, 2.75) is 46.3 Å². The molecule has 21 heavy (non-hydrogen) atoms. The lowest BCUT2D eigenvalue weighted by Gasteiger charge is -2.40. The summed E-state index contributed by atoms with van der Waals surface area (Å²) in [5.74, 6) is 0. The van der Waals surface area contributed by atoms with E-state index in [2.05, 4.69) is 61.0 Å². The van der Waals surface area contributed by atoms with Gasteiger partial charge in [-0.2, -0.15) is 0 Å². The molecule has 0 aliphatic carbocycles. The van der Waals surface area contributed by atoms with Gasteiger partial charge >= 0.3 is 0 Å². The zero-order valence-electron chi connectivity index (χ0n) is 13.7. The van der Waals surface area contributed by atoms with Crippen LogP contribution in [0.15, 0.2) is 18.2 Å². The molecule has 0 amide bonds. The number of nitrogens with zero attached hydrogens (tertiary/aromatic N) is 2. The largest absolute Gasteiger partial charge is 0.369 e. The molecule has 0 aromatic heterocycles. The summed E-state index contributed by atoms with van der Waals surface area (Å²) in [6, 6.07) is 7.56. The van der Waals surface area contributed by atoms with Gasteiger partial charge in [-0.15, -0.1) is 0 Å². The van der Waals surface area contributed by atoms with E-state index in [4.69, 9.17) is 11.6 Å². The van der Waals surface area contributed by atoms with Crippen LogP contribution < -0.4 is 10.2 Å². The topological polar surface area (TPSA) is 18.5 Å². The molecule has 1 aromatic carbocycles. The highest BCUT2D eigenvalue weighted by Gasteiger charge is 2.22. The van der Waals surface area contributed by atoms with Crippen LogP contribution in [-0.4, -0.2) is 43.2 Å². The van der Waals surface area contributed by atoms with Gasteiger partial charge in [-0.05, 0) is 31.2 Å². The lowest BCUT2D eigenvalue weighted by atomic mass is 10.1. The average Bonchev–Trinajstić information content (AvgIpc) is 2.45. The van der Waals surface area contributed by atoms with Crippen molar-refractivity contribution in [1.82, 2.24) is 10.2 Å². The molecule has 1 aliphatic rings. The van der Waals surface area contributed by atoms with E-state index in [9.17, 15) is 0 Å². The number of nitrogens with one attached hydrogen (secondary N) is 1. The Kier molecular flexibility index (Phi) is 5.91. The summed E-state index contributed by atoms with van der Waals surface area (Å²) in [5, 5.41) is 4.28. The molecule has 1 unspecified atom stereocenters. The Morgan fingerprint density at radius 2 is 2.10 bits per heavy atom. The van der Waals surface area contributed by atoms with Crippen LogP contribution in [0.4, 0.5) is 5.69 Å². The Bertz CT molecular complexity index is 461. The second-order valence-electron chi connectivity index (χ2n) is 6.23. The summed E-state index contributed by atoms with van der Waals surface area (Å²) in [6.45, 7) is 14.1. The van der Waals surface area contributed by atoms with Crippen molar-refractivity contribution in [2.24, 2.45) is 0 Å². The second kappa shape index (κ2) is 7.48. The Hall–Kier alpha value is -0.770. The first kappa shape index (κ1) is 16.6. The number of benzene rings is 1. The molecule has 2 rings (SSSR count). The van der Waals surface area contributed by atoms with Crippen LogP contribution in [0.3, 0.4) is 0 Å². The fraction of sp³-hybridized carbons (Fsp3) is 0.647. The van der Waals surface area contributed by atoms with Crippen molar-refractivity contribution in [3.05, 3.63) is 28.8 Å². The molecule has 0 bridgehead atoms. The molecule has 118 valence electrons. The quantitative estimate of drug-likeness (QED) is 0.899. The van der Waals surface area contributed by atoms with Gasteiger partial charge in [0, 0.05) is 49.0 Å². The average molecular weight is 310 g/mol. The monoisotopic (exact) mass is 309 g/mol. The van der Waals surface area contributed by atoms with E-state index in [1.165, 1.54) is 11.3 Å². The summed E-state index contributed by atoms with van der Waals surface area (Å²) in [5.41, 5.74) is 2.42. The lowest BCUT2D eigenvalue weighted by Crippen LogP contribution is -2.51. The highest BCUT2D eigenvalue weighted by molar-refractivity contribution is 6.31. The van der Waals surface area contributed by atoms with Crippen LogP contribution >= 0.6 is 11.6 Å². The van der Waals surface area contributed by atoms with Gasteiger partial charge in [-0.3, -0.25) is 4.90 Å². The first-order valence-electron chi connectivity index (χ1n) is 8.02. The van der Waals surface area contributed by atoms with Gasteiger partial charge in [0.15, 0.2) is 0 Å². The standard InChI is InChI=1S/C17H28ClN3/c1-5-20-8-9-21(12-14(20)4)16-7-6-15(17(18)10-16)11-19-13(2)3/h6-7,10,13-14,19H,5,8-9,11-12H2,1-4H3. The van der Waals surface area contributed by atoms with Gasteiger partial charge in [0.25, 0.3) is 0 Å². The molecule has 1 heterocycles. The summed E-state index contributed by atoms with van der Waals surface area (Å²) < 4.78 is 0. The van der Waals surface area contributed by atoms with E-state index < -0.39 is 0 Å². The number of piperazine rings is 1. The van der Waals surface area contributed by atoms with Crippen LogP contribution in [0.25, 0.3) is 0 Å². The zero-order valence-corrected chi connectivity index (χ0v) is 14.5. The first-order chi connectivity index (χ1) is 10.0. The smallest absolute Gasteiger partial charge is 0.0471 e. The summed E-state index contributed by atoms with van der Waals surface area (Å²) in [6.07, 6.45) is 0. The fourth-order valence-corrected chi connectivity index (χ4v) is 3.13. The predicted molar refractivity (Wildman–Crippen MR) is 92.3 cm³/mol. The third-order valence-corrected chi connectivity index (χ3v) is 4.63. The molecule has 3 nitrogen and oxygen atoms in total. The molecule has 1 saturated heterocycles. The van der Waals surface area contributed by atoms with Crippen LogP contribution in [0.2, 0.25) is 5.02 Å². The third kappa shape index (κ3) is 4.35. The van der Waals surface area contributed by atoms with Crippen molar-refractivity contribution >= 4 is 17.3 Å². The highest BCUT2D eigenvalue weighted by atomic mass is 35.5. The van der Waals surface area contributed by atoms with Crippen molar-refractivity contribution in [1.29, 1.82) is 0 Å². The summed E-state index contributed by atoms with van der Waals surface area (Å²) in [7, 11) is 0. The van der Waals surface area contributed by atoms with Gasteiger partial charge in [0.2, 0.25) is 0 Å². The Morgan fingerprint density at radius 1 is 1.33 bits per heavy atom. The number of halogens is 1. The molecule has 1 N–H and O–H groups in total. The van der Waals surface area contributed by atoms with Crippen molar-refractivity contribution in [3.8, 4) is 0 Å². The maximum absolute atomic E-state index is 6.45. The predicted octanol–water partition coefficient (Wildman–Crippen LogP) is 3.37. The molecule has 1 aromatic rings. The number of anilines is 1. The number of hydrogen-bond acceptors (Lipinski definition) is 3. The molecule has 1 fully saturated rings. The molecular formula is C17H28ClN3. The van der Waals surface area contributed by atoms with Crippen LogP contribution in [0.5, 0.6) is 0 Å². The van der Waals surface area contributed by atoms with Crippen molar-refractivity contribution < 1.29 is 0 Å². The Balaban J connectivity index is 2.03. The van der Waals surface area contributed by atoms with E-state index in [-0.39, 0.29) is 0 Å². The highest BCUT2D eigenvalue weighted by Crippen LogP contribution is 2.25. The first-order valence-corrected chi connectivity index (χ1v) is 8.39. The molecule has 4 heteroatoms.